The molecule has 3 aromatic carbocycles. The van der Waals surface area contributed by atoms with Crippen molar-refractivity contribution in [1.82, 2.24) is 0 Å². The molecule has 0 aromatic heterocycles. The molecule has 5 heteroatoms. The molecule has 0 aliphatic carbocycles. The fraction of sp³-hybridized carbons (Fsp3) is 0.0870. The van der Waals surface area contributed by atoms with E-state index in [1.54, 1.807) is 24.3 Å². The van der Waals surface area contributed by atoms with Crippen LogP contribution in [0.3, 0.4) is 0 Å². The smallest absolute Gasteiger partial charge is 0.124 e. The van der Waals surface area contributed by atoms with Gasteiger partial charge in [0.05, 0.1) is 5.02 Å². The predicted molar refractivity (Wildman–Crippen MR) is 114 cm³/mol. The third-order valence-electron chi connectivity index (χ3n) is 4.60. The Labute approximate surface area is 168 Å². The maximum absolute atomic E-state index is 13.6. The van der Waals surface area contributed by atoms with E-state index in [4.69, 9.17) is 22.7 Å². The van der Waals surface area contributed by atoms with E-state index in [1.807, 2.05) is 31.2 Å². The van der Waals surface area contributed by atoms with E-state index < -0.39 is 5.82 Å². The molecule has 0 saturated carbocycles. The van der Waals surface area contributed by atoms with E-state index >= 15 is 0 Å². The van der Waals surface area contributed by atoms with Crippen LogP contribution in [-0.4, -0.2) is 11.3 Å². The highest BCUT2D eigenvalue weighted by Crippen LogP contribution is 2.38. The van der Waals surface area contributed by atoms with Crippen molar-refractivity contribution in [3.05, 3.63) is 93.8 Å². The lowest BCUT2D eigenvalue weighted by Gasteiger charge is -2.18. The van der Waals surface area contributed by atoms with Gasteiger partial charge in [0.1, 0.15) is 11.6 Å². The average Bonchev–Trinajstić information content (AvgIpc) is 2.68. The van der Waals surface area contributed by atoms with Gasteiger partial charge in [-0.3, -0.25) is 0 Å². The lowest BCUT2D eigenvalue weighted by atomic mass is 9.87. The third-order valence-corrected chi connectivity index (χ3v) is 4.91. The Morgan fingerprint density at radius 2 is 1.75 bits per heavy atom. The zero-order valence-corrected chi connectivity index (χ0v) is 16.1. The summed E-state index contributed by atoms with van der Waals surface area (Å²) in [5.41, 5.74) is 11.4. The second-order valence-electron chi connectivity index (χ2n) is 6.37. The summed E-state index contributed by atoms with van der Waals surface area (Å²) in [6.07, 6.45) is 1.86. The molecule has 4 N–H and O–H groups in total. The van der Waals surface area contributed by atoms with E-state index in [-0.39, 0.29) is 5.75 Å². The second-order valence-corrected chi connectivity index (χ2v) is 6.77. The summed E-state index contributed by atoms with van der Waals surface area (Å²) in [6, 6.07) is 16.7. The number of halogens is 2. The predicted octanol–water partition coefficient (Wildman–Crippen LogP) is 6.13. The first kappa shape index (κ1) is 19.6. The molecule has 28 heavy (non-hydrogen) atoms. The van der Waals surface area contributed by atoms with Gasteiger partial charge in [-0.05, 0) is 70.7 Å². The number of allylic oxidation sites excluding steroid dienone is 1. The van der Waals surface area contributed by atoms with Gasteiger partial charge in [0, 0.05) is 17.5 Å². The quantitative estimate of drug-likeness (QED) is 0.276. The van der Waals surface area contributed by atoms with Crippen LogP contribution in [0.4, 0.5) is 10.1 Å². The van der Waals surface area contributed by atoms with Gasteiger partial charge in [-0.2, -0.15) is 0 Å². The number of benzene rings is 3. The van der Waals surface area contributed by atoms with Gasteiger partial charge in [-0.15, -0.1) is 0 Å². The molecule has 0 aliphatic heterocycles. The molecule has 3 aromatic rings. The van der Waals surface area contributed by atoms with Gasteiger partial charge in [0.25, 0.3) is 0 Å². The third kappa shape index (κ3) is 3.92. The van der Waals surface area contributed by atoms with Crippen LogP contribution in [0, 0.1) is 11.2 Å². The molecule has 3 nitrogen and oxygen atoms in total. The topological polar surface area (TPSA) is 70.1 Å². The molecule has 0 heterocycles. The summed E-state index contributed by atoms with van der Waals surface area (Å²) in [5, 5.41) is 17.6. The van der Waals surface area contributed by atoms with E-state index in [9.17, 15) is 9.50 Å². The number of nitrogens with two attached hydrogens (primary N) is 1. The van der Waals surface area contributed by atoms with E-state index in [2.05, 4.69) is 0 Å². The minimum Gasteiger partial charge on any atom is -0.508 e. The average molecular weight is 395 g/mol. The lowest BCUT2D eigenvalue weighted by Crippen LogP contribution is -1.99. The van der Waals surface area contributed by atoms with Crippen LogP contribution in [0.15, 0.2) is 60.7 Å². The Bertz CT molecular complexity index is 1060. The molecule has 0 fully saturated rings. The Hall–Kier alpha value is -3.11. The number of phenolic OH excluding ortho intramolecular Hbond substituents is 1. The van der Waals surface area contributed by atoms with Crippen molar-refractivity contribution >= 4 is 34.6 Å². The molecule has 0 amide bonds. The van der Waals surface area contributed by atoms with E-state index in [0.717, 1.165) is 27.8 Å². The first-order valence-corrected chi connectivity index (χ1v) is 9.20. The summed E-state index contributed by atoms with van der Waals surface area (Å²) in [5.74, 6) is -0.229. The largest absolute Gasteiger partial charge is 0.508 e. The minimum absolute atomic E-state index is 0.165. The molecular weight excluding hydrogens is 375 g/mol. The van der Waals surface area contributed by atoms with Gasteiger partial charge >= 0.3 is 0 Å². The van der Waals surface area contributed by atoms with Gasteiger partial charge < -0.3 is 16.2 Å². The van der Waals surface area contributed by atoms with Crippen LogP contribution in [0.5, 0.6) is 5.75 Å². The Balaban J connectivity index is 2.35. The highest BCUT2D eigenvalue weighted by Gasteiger charge is 2.16. The van der Waals surface area contributed by atoms with Crippen molar-refractivity contribution in [2.24, 2.45) is 0 Å². The summed E-state index contributed by atoms with van der Waals surface area (Å²) < 4.78 is 13.6. The molecule has 0 radical (unpaired) electrons. The van der Waals surface area contributed by atoms with Crippen molar-refractivity contribution in [2.75, 3.05) is 5.73 Å². The molecule has 142 valence electrons. The van der Waals surface area contributed by atoms with Gasteiger partial charge in [-0.1, -0.05) is 42.8 Å². The summed E-state index contributed by atoms with van der Waals surface area (Å²) in [7, 11) is 0. The maximum atomic E-state index is 13.6. The first-order chi connectivity index (χ1) is 13.4. The van der Waals surface area contributed by atoms with Crippen molar-refractivity contribution in [1.29, 1.82) is 5.41 Å². The fourth-order valence-corrected chi connectivity index (χ4v) is 3.52. The summed E-state index contributed by atoms with van der Waals surface area (Å²) in [6.45, 7) is 2.00. The number of rotatable bonds is 5. The van der Waals surface area contributed by atoms with Crippen LogP contribution in [0.1, 0.15) is 35.6 Å². The standard InChI is InChI=1S/C23H20ClFN2O/c1-2-19(20-9-6-17(25)12-21(20)24)23(14-3-7-18(28)8-4-14)15-5-10-22(27)16(11-15)13-26/h3-13,26,28H,2,27H2,1H3/b23-19+,26-13?. The zero-order chi connectivity index (χ0) is 20.3. The number of aromatic hydroxyl groups is 1. The molecule has 0 saturated heterocycles. The minimum atomic E-state index is -0.394. The van der Waals surface area contributed by atoms with E-state index in [1.165, 1.54) is 18.3 Å². The zero-order valence-electron chi connectivity index (χ0n) is 15.3. The van der Waals surface area contributed by atoms with E-state index in [0.29, 0.717) is 22.7 Å². The van der Waals surface area contributed by atoms with Crippen molar-refractivity contribution in [3.63, 3.8) is 0 Å². The van der Waals surface area contributed by atoms with Crippen molar-refractivity contribution < 1.29 is 9.50 Å². The molecular formula is C23H20ClFN2O. The number of nitrogen functional groups attached to an aromatic ring is 1. The molecule has 0 spiro atoms. The molecule has 0 bridgehead atoms. The summed E-state index contributed by atoms with van der Waals surface area (Å²) >= 11 is 6.36. The van der Waals surface area contributed by atoms with Crippen LogP contribution < -0.4 is 5.73 Å². The fourth-order valence-electron chi connectivity index (χ4n) is 3.23. The van der Waals surface area contributed by atoms with Crippen molar-refractivity contribution in [2.45, 2.75) is 13.3 Å². The Morgan fingerprint density at radius 3 is 2.36 bits per heavy atom. The maximum Gasteiger partial charge on any atom is 0.124 e. The number of anilines is 1. The number of phenols is 1. The van der Waals surface area contributed by atoms with Crippen LogP contribution in [0.25, 0.3) is 11.1 Å². The van der Waals surface area contributed by atoms with Crippen molar-refractivity contribution in [3.8, 4) is 5.75 Å². The highest BCUT2D eigenvalue weighted by atomic mass is 35.5. The van der Waals surface area contributed by atoms with Crippen LogP contribution >= 0.6 is 11.6 Å². The number of nitrogens with one attached hydrogen (secondary N) is 1. The Morgan fingerprint density at radius 1 is 1.07 bits per heavy atom. The monoisotopic (exact) mass is 394 g/mol. The lowest BCUT2D eigenvalue weighted by molar-refractivity contribution is 0.475. The normalized spacial score (nSPS) is 11.8. The molecule has 3 rings (SSSR count). The molecule has 0 atom stereocenters. The number of hydrogen-bond donors (Lipinski definition) is 3. The molecule has 0 unspecified atom stereocenters. The highest BCUT2D eigenvalue weighted by molar-refractivity contribution is 6.32. The Kier molecular flexibility index (Phi) is 5.81. The van der Waals surface area contributed by atoms with Crippen LogP contribution in [0.2, 0.25) is 5.02 Å². The van der Waals surface area contributed by atoms with Crippen LogP contribution in [-0.2, 0) is 0 Å². The first-order valence-electron chi connectivity index (χ1n) is 8.83. The number of hydrogen-bond acceptors (Lipinski definition) is 3. The van der Waals surface area contributed by atoms with Gasteiger partial charge in [-0.25, -0.2) is 4.39 Å². The van der Waals surface area contributed by atoms with Gasteiger partial charge in [0.2, 0.25) is 0 Å². The van der Waals surface area contributed by atoms with Gasteiger partial charge in [0.15, 0.2) is 0 Å². The summed E-state index contributed by atoms with van der Waals surface area (Å²) in [4.78, 5) is 0. The SMILES string of the molecule is CC/C(=C(/c1ccc(O)cc1)c1ccc(N)c(C=N)c1)c1ccc(F)cc1Cl. The second kappa shape index (κ2) is 8.28. The molecule has 0 aliphatic rings.